The van der Waals surface area contributed by atoms with Crippen molar-refractivity contribution >= 4 is 27.5 Å². The van der Waals surface area contributed by atoms with E-state index in [1.54, 1.807) is 30.3 Å². The fraction of sp³-hybridized carbons (Fsp3) is 0.375. The molecule has 0 saturated heterocycles. The summed E-state index contributed by atoms with van der Waals surface area (Å²) in [6.07, 6.45) is 1.14. The number of aryl methyl sites for hydroxylation is 3. The first-order valence-electron chi connectivity index (χ1n) is 13.8. The Morgan fingerprint density at radius 1 is 0.825 bits per heavy atom. The molecule has 0 spiro atoms. The van der Waals surface area contributed by atoms with E-state index in [0.29, 0.717) is 12.1 Å². The summed E-state index contributed by atoms with van der Waals surface area (Å²) in [5.41, 5.74) is 4.21. The maximum absolute atomic E-state index is 14.2. The molecule has 0 aliphatic rings. The van der Waals surface area contributed by atoms with Gasteiger partial charge < -0.3 is 10.2 Å². The second kappa shape index (κ2) is 13.6. The van der Waals surface area contributed by atoms with Crippen LogP contribution in [0.3, 0.4) is 0 Å². The summed E-state index contributed by atoms with van der Waals surface area (Å²) in [4.78, 5) is 29.2. The maximum atomic E-state index is 14.2. The van der Waals surface area contributed by atoms with E-state index in [0.717, 1.165) is 33.0 Å². The van der Waals surface area contributed by atoms with Crippen molar-refractivity contribution in [1.82, 2.24) is 10.2 Å². The lowest BCUT2D eigenvalue weighted by molar-refractivity contribution is -0.140. The molecule has 0 aliphatic heterocycles. The van der Waals surface area contributed by atoms with Gasteiger partial charge in [0.1, 0.15) is 12.6 Å². The first-order valence-corrected chi connectivity index (χ1v) is 15.2. The van der Waals surface area contributed by atoms with Gasteiger partial charge in [-0.15, -0.1) is 0 Å². The first kappa shape index (κ1) is 30.9. The van der Waals surface area contributed by atoms with Crippen LogP contribution in [0.25, 0.3) is 0 Å². The number of nitrogens with zero attached hydrogens (tertiary/aromatic N) is 2. The minimum absolute atomic E-state index is 0.0533. The molecule has 1 N–H and O–H groups in total. The molecule has 0 aromatic heterocycles. The number of carbonyl (C=O) groups excluding carboxylic acids is 2. The van der Waals surface area contributed by atoms with Crippen molar-refractivity contribution in [2.45, 2.75) is 77.9 Å². The van der Waals surface area contributed by atoms with Crippen molar-refractivity contribution < 1.29 is 18.0 Å². The fourth-order valence-corrected chi connectivity index (χ4v) is 5.89. The van der Waals surface area contributed by atoms with E-state index in [2.05, 4.69) is 5.32 Å². The lowest BCUT2D eigenvalue weighted by atomic mass is 10.1. The Kier molecular flexibility index (Phi) is 10.5. The standard InChI is InChI=1S/C32H41N3O4S/c1-7-26(6)33-32(37)30(8-2)34(21-27-15-13-12-14-24(27)4)31(36)22-35(28-19-18-23(3)25(5)20-28)40(38,39)29-16-10-9-11-17-29/h9-20,26,30H,7-8,21-22H2,1-6H3,(H,33,37)/t26-,30-/m0/s1. The van der Waals surface area contributed by atoms with E-state index < -0.39 is 28.5 Å². The van der Waals surface area contributed by atoms with E-state index >= 15 is 0 Å². The molecule has 40 heavy (non-hydrogen) atoms. The summed E-state index contributed by atoms with van der Waals surface area (Å²) >= 11 is 0. The van der Waals surface area contributed by atoms with Crippen LogP contribution in [0.1, 0.15) is 55.9 Å². The predicted octanol–water partition coefficient (Wildman–Crippen LogP) is 5.53. The molecule has 0 unspecified atom stereocenters. The lowest BCUT2D eigenvalue weighted by Gasteiger charge is -2.34. The van der Waals surface area contributed by atoms with E-state index in [4.69, 9.17) is 0 Å². The van der Waals surface area contributed by atoms with Gasteiger partial charge in [-0.2, -0.15) is 0 Å². The quantitative estimate of drug-likeness (QED) is 0.314. The zero-order valence-corrected chi connectivity index (χ0v) is 25.2. The van der Waals surface area contributed by atoms with Gasteiger partial charge in [0, 0.05) is 12.6 Å². The Balaban J connectivity index is 2.08. The Morgan fingerprint density at radius 3 is 2.08 bits per heavy atom. The predicted molar refractivity (Wildman–Crippen MR) is 161 cm³/mol. The van der Waals surface area contributed by atoms with Crippen LogP contribution in [-0.4, -0.2) is 43.8 Å². The van der Waals surface area contributed by atoms with Crippen LogP contribution in [0, 0.1) is 20.8 Å². The molecule has 2 amide bonds. The third-order valence-corrected chi connectivity index (χ3v) is 9.17. The normalized spacial score (nSPS) is 12.8. The Hall–Kier alpha value is -3.65. The number of hydrogen-bond acceptors (Lipinski definition) is 4. The van der Waals surface area contributed by atoms with Crippen LogP contribution >= 0.6 is 0 Å². The molecular weight excluding hydrogens is 522 g/mol. The average Bonchev–Trinajstić information content (AvgIpc) is 2.94. The minimum atomic E-state index is -4.08. The largest absolute Gasteiger partial charge is 0.352 e. The number of hydrogen-bond donors (Lipinski definition) is 1. The van der Waals surface area contributed by atoms with E-state index in [9.17, 15) is 18.0 Å². The zero-order chi connectivity index (χ0) is 29.4. The Bertz CT molecular complexity index is 1420. The van der Waals surface area contributed by atoms with Crippen LogP contribution in [0.2, 0.25) is 0 Å². The molecule has 0 heterocycles. The SMILES string of the molecule is CC[C@H](C)NC(=O)[C@H](CC)N(Cc1ccccc1C)C(=O)CN(c1ccc(C)c(C)c1)S(=O)(=O)c1ccccc1. The molecule has 7 nitrogen and oxygen atoms in total. The molecule has 3 rings (SSSR count). The number of sulfonamides is 1. The van der Waals surface area contributed by atoms with Crippen molar-refractivity contribution in [1.29, 1.82) is 0 Å². The molecule has 8 heteroatoms. The highest BCUT2D eigenvalue weighted by atomic mass is 32.2. The lowest BCUT2D eigenvalue weighted by Crippen LogP contribution is -2.53. The van der Waals surface area contributed by atoms with Crippen LogP contribution in [0.4, 0.5) is 5.69 Å². The molecule has 0 bridgehead atoms. The maximum Gasteiger partial charge on any atom is 0.264 e. The van der Waals surface area contributed by atoms with Gasteiger partial charge in [0.2, 0.25) is 11.8 Å². The second-order valence-electron chi connectivity index (χ2n) is 10.3. The van der Waals surface area contributed by atoms with E-state index in [1.807, 2.05) is 71.9 Å². The third kappa shape index (κ3) is 7.30. The topological polar surface area (TPSA) is 86.8 Å². The summed E-state index contributed by atoms with van der Waals surface area (Å²) in [6, 6.07) is 20.3. The van der Waals surface area contributed by atoms with Gasteiger partial charge in [-0.3, -0.25) is 13.9 Å². The van der Waals surface area contributed by atoms with Crippen molar-refractivity contribution in [3.8, 4) is 0 Å². The smallest absolute Gasteiger partial charge is 0.264 e. The highest BCUT2D eigenvalue weighted by Gasteiger charge is 2.34. The van der Waals surface area contributed by atoms with Crippen molar-refractivity contribution in [2.75, 3.05) is 10.8 Å². The highest BCUT2D eigenvalue weighted by Crippen LogP contribution is 2.27. The van der Waals surface area contributed by atoms with Crippen LogP contribution in [0.15, 0.2) is 77.7 Å². The number of benzene rings is 3. The molecule has 0 radical (unpaired) electrons. The van der Waals surface area contributed by atoms with Crippen molar-refractivity contribution in [2.24, 2.45) is 0 Å². The van der Waals surface area contributed by atoms with Gasteiger partial charge in [0.25, 0.3) is 10.0 Å². The van der Waals surface area contributed by atoms with Gasteiger partial charge in [-0.25, -0.2) is 8.42 Å². The molecule has 0 saturated carbocycles. The summed E-state index contributed by atoms with van der Waals surface area (Å²) in [5.74, 6) is -0.699. The van der Waals surface area contributed by atoms with Gasteiger partial charge >= 0.3 is 0 Å². The molecule has 3 aromatic rings. The van der Waals surface area contributed by atoms with Gasteiger partial charge in [0.15, 0.2) is 0 Å². The van der Waals surface area contributed by atoms with Crippen LogP contribution in [0.5, 0.6) is 0 Å². The zero-order valence-electron chi connectivity index (χ0n) is 24.3. The summed E-state index contributed by atoms with van der Waals surface area (Å²) in [5, 5.41) is 3.01. The van der Waals surface area contributed by atoms with Crippen molar-refractivity contribution in [3.63, 3.8) is 0 Å². The number of carbonyl (C=O) groups is 2. The molecule has 2 atom stereocenters. The van der Waals surface area contributed by atoms with Gasteiger partial charge in [0.05, 0.1) is 10.6 Å². The average molecular weight is 564 g/mol. The first-order chi connectivity index (χ1) is 19.0. The monoisotopic (exact) mass is 563 g/mol. The molecule has 3 aromatic carbocycles. The second-order valence-corrected chi connectivity index (χ2v) is 12.1. The minimum Gasteiger partial charge on any atom is -0.352 e. The number of anilines is 1. The number of amides is 2. The van der Waals surface area contributed by atoms with E-state index in [1.165, 1.54) is 17.0 Å². The van der Waals surface area contributed by atoms with Gasteiger partial charge in [-0.1, -0.05) is 62.4 Å². The highest BCUT2D eigenvalue weighted by molar-refractivity contribution is 7.92. The molecule has 214 valence electrons. The Labute approximate surface area is 239 Å². The summed E-state index contributed by atoms with van der Waals surface area (Å²) < 4.78 is 29.0. The molecule has 0 aliphatic carbocycles. The van der Waals surface area contributed by atoms with Crippen molar-refractivity contribution in [3.05, 3.63) is 95.1 Å². The Morgan fingerprint density at radius 2 is 1.48 bits per heavy atom. The third-order valence-electron chi connectivity index (χ3n) is 7.38. The molecular formula is C32H41N3O4S. The van der Waals surface area contributed by atoms with Crippen LogP contribution < -0.4 is 9.62 Å². The van der Waals surface area contributed by atoms with Gasteiger partial charge in [-0.05, 0) is 87.1 Å². The van der Waals surface area contributed by atoms with Crippen LogP contribution in [-0.2, 0) is 26.2 Å². The fourth-order valence-electron chi connectivity index (χ4n) is 4.46. The number of rotatable bonds is 12. The summed E-state index contributed by atoms with van der Waals surface area (Å²) in [6.45, 7) is 11.3. The number of nitrogens with one attached hydrogen (secondary N) is 1. The molecule has 0 fully saturated rings. The van der Waals surface area contributed by atoms with E-state index in [-0.39, 0.29) is 23.4 Å². The summed E-state index contributed by atoms with van der Waals surface area (Å²) in [7, 11) is -4.08.